The minimum atomic E-state index is -0.0914. The monoisotopic (exact) mass is 584 g/mol. The number of rotatable bonds is 10. The van der Waals surface area contributed by atoms with Crippen LogP contribution in [0.4, 0.5) is 5.69 Å². The highest BCUT2D eigenvalue weighted by atomic mass is 79.9. The standard InChI is InChI=1S/C23H23BrCl2N4OS2/c1-4-9-30-21(12-32-11-16-5-6-17(25)10-19(16)26)28-29-23(30)33-13-22(31)27-20-8-7-18(24)14(2)15(20)3/h4-8,10H,1,9,11-13H2,2-3H3,(H,27,31). The first-order valence-corrected chi connectivity index (χ1v) is 13.7. The molecule has 3 rings (SSSR count). The van der Waals surface area contributed by atoms with E-state index < -0.39 is 0 Å². The average Bonchev–Trinajstić information content (AvgIpc) is 3.16. The van der Waals surface area contributed by atoms with Crippen molar-refractivity contribution < 1.29 is 4.79 Å². The number of nitrogens with one attached hydrogen (secondary N) is 1. The van der Waals surface area contributed by atoms with Gasteiger partial charge in [-0.25, -0.2) is 0 Å². The number of halogens is 3. The van der Waals surface area contributed by atoms with E-state index in [2.05, 4.69) is 38.0 Å². The van der Waals surface area contributed by atoms with Crippen LogP contribution in [0.5, 0.6) is 0 Å². The summed E-state index contributed by atoms with van der Waals surface area (Å²) in [6.45, 7) is 8.41. The average molecular weight is 586 g/mol. The maximum Gasteiger partial charge on any atom is 0.234 e. The molecule has 174 valence electrons. The molecular weight excluding hydrogens is 563 g/mol. The minimum Gasteiger partial charge on any atom is -0.325 e. The number of aromatic nitrogens is 3. The summed E-state index contributed by atoms with van der Waals surface area (Å²) in [7, 11) is 0. The van der Waals surface area contributed by atoms with Gasteiger partial charge >= 0.3 is 0 Å². The van der Waals surface area contributed by atoms with Crippen molar-refractivity contribution in [2.24, 2.45) is 0 Å². The van der Waals surface area contributed by atoms with Gasteiger partial charge in [-0.1, -0.05) is 63.0 Å². The molecule has 0 aliphatic heterocycles. The second kappa shape index (κ2) is 12.3. The van der Waals surface area contributed by atoms with Crippen molar-refractivity contribution in [3.63, 3.8) is 0 Å². The summed E-state index contributed by atoms with van der Waals surface area (Å²) in [5, 5.41) is 13.6. The van der Waals surface area contributed by atoms with Gasteiger partial charge in [-0.2, -0.15) is 0 Å². The van der Waals surface area contributed by atoms with Crippen LogP contribution in [0, 0.1) is 13.8 Å². The molecule has 5 nitrogen and oxygen atoms in total. The number of hydrogen-bond donors (Lipinski definition) is 1. The Morgan fingerprint density at radius 3 is 2.70 bits per heavy atom. The lowest BCUT2D eigenvalue weighted by atomic mass is 10.1. The Hall–Kier alpha value is -1.45. The van der Waals surface area contributed by atoms with Crippen LogP contribution in [-0.2, 0) is 22.8 Å². The Bertz CT molecular complexity index is 1170. The summed E-state index contributed by atoms with van der Waals surface area (Å²) in [5.74, 6) is 2.35. The quantitative estimate of drug-likeness (QED) is 0.199. The topological polar surface area (TPSA) is 59.8 Å². The van der Waals surface area contributed by atoms with Crippen LogP contribution in [0.2, 0.25) is 10.0 Å². The molecule has 0 unspecified atom stereocenters. The fourth-order valence-corrected chi connectivity index (χ4v) is 5.70. The van der Waals surface area contributed by atoms with Gasteiger partial charge in [-0.3, -0.25) is 4.79 Å². The van der Waals surface area contributed by atoms with Crippen LogP contribution >= 0.6 is 62.7 Å². The van der Waals surface area contributed by atoms with Gasteiger partial charge in [-0.05, 0) is 54.8 Å². The SMILES string of the molecule is C=CCn1c(CSCc2ccc(Cl)cc2Cl)nnc1SCC(=O)Nc1ccc(Br)c(C)c1C. The van der Waals surface area contributed by atoms with E-state index in [1.807, 2.05) is 42.7 Å². The molecule has 0 bridgehead atoms. The van der Waals surface area contributed by atoms with Crippen LogP contribution in [0.1, 0.15) is 22.5 Å². The van der Waals surface area contributed by atoms with Crippen molar-refractivity contribution in [1.82, 2.24) is 14.8 Å². The fraction of sp³-hybridized carbons (Fsp3) is 0.261. The van der Waals surface area contributed by atoms with Crippen molar-refractivity contribution in [2.45, 2.75) is 37.1 Å². The molecule has 0 aliphatic carbocycles. The lowest BCUT2D eigenvalue weighted by Crippen LogP contribution is -2.16. The van der Waals surface area contributed by atoms with Crippen LogP contribution in [0.15, 0.2) is 52.6 Å². The summed E-state index contributed by atoms with van der Waals surface area (Å²) < 4.78 is 3.00. The van der Waals surface area contributed by atoms with Gasteiger partial charge in [0.05, 0.1) is 11.5 Å². The second-order valence-corrected chi connectivity index (χ2v) is 10.8. The molecule has 1 aromatic heterocycles. The molecule has 33 heavy (non-hydrogen) atoms. The maximum atomic E-state index is 12.5. The van der Waals surface area contributed by atoms with Crippen LogP contribution in [-0.4, -0.2) is 26.4 Å². The number of anilines is 1. The van der Waals surface area contributed by atoms with E-state index in [1.54, 1.807) is 23.9 Å². The van der Waals surface area contributed by atoms with Gasteiger partial charge in [0, 0.05) is 32.5 Å². The van der Waals surface area contributed by atoms with E-state index in [1.165, 1.54) is 11.8 Å². The summed E-state index contributed by atoms with van der Waals surface area (Å²) >= 11 is 18.8. The van der Waals surface area contributed by atoms with E-state index in [0.717, 1.165) is 38.4 Å². The van der Waals surface area contributed by atoms with Crippen LogP contribution < -0.4 is 5.32 Å². The second-order valence-electron chi connectivity index (χ2n) is 7.21. The predicted octanol–water partition coefficient (Wildman–Crippen LogP) is 7.31. The fourth-order valence-electron chi connectivity index (χ4n) is 2.98. The smallest absolute Gasteiger partial charge is 0.234 e. The molecule has 0 atom stereocenters. The molecule has 2 aromatic carbocycles. The number of carbonyl (C=O) groups excluding carboxylic acids is 1. The highest BCUT2D eigenvalue weighted by Crippen LogP contribution is 2.28. The number of benzene rings is 2. The number of amides is 1. The number of nitrogens with zero attached hydrogens (tertiary/aromatic N) is 3. The third-order valence-corrected chi connectivity index (χ3v) is 8.33. The molecule has 0 aliphatic rings. The molecule has 10 heteroatoms. The summed E-state index contributed by atoms with van der Waals surface area (Å²) in [5.41, 5.74) is 3.98. The van der Waals surface area contributed by atoms with E-state index in [0.29, 0.717) is 27.5 Å². The van der Waals surface area contributed by atoms with Gasteiger partial charge in [0.1, 0.15) is 5.82 Å². The molecule has 3 aromatic rings. The summed E-state index contributed by atoms with van der Waals surface area (Å²) in [6, 6.07) is 9.35. The molecule has 0 spiro atoms. The largest absolute Gasteiger partial charge is 0.325 e. The molecule has 0 radical (unpaired) electrons. The van der Waals surface area contributed by atoms with E-state index in [9.17, 15) is 4.79 Å². The van der Waals surface area contributed by atoms with Gasteiger partial charge < -0.3 is 9.88 Å². The third-order valence-electron chi connectivity index (χ3n) is 4.94. The van der Waals surface area contributed by atoms with Crippen molar-refractivity contribution >= 4 is 74.3 Å². The highest BCUT2D eigenvalue weighted by Gasteiger charge is 2.15. The van der Waals surface area contributed by atoms with E-state index in [-0.39, 0.29) is 11.7 Å². The molecule has 1 heterocycles. The zero-order chi connectivity index (χ0) is 24.0. The van der Waals surface area contributed by atoms with Crippen molar-refractivity contribution in [3.05, 3.63) is 80.0 Å². The number of thioether (sulfide) groups is 2. The van der Waals surface area contributed by atoms with Crippen molar-refractivity contribution in [1.29, 1.82) is 0 Å². The zero-order valence-electron chi connectivity index (χ0n) is 18.2. The Morgan fingerprint density at radius 2 is 1.97 bits per heavy atom. The van der Waals surface area contributed by atoms with Crippen molar-refractivity contribution in [2.75, 3.05) is 11.1 Å². The van der Waals surface area contributed by atoms with Crippen molar-refractivity contribution in [3.8, 4) is 0 Å². The molecule has 0 saturated heterocycles. The van der Waals surface area contributed by atoms with Gasteiger partial charge in [0.25, 0.3) is 0 Å². The normalized spacial score (nSPS) is 10.9. The Labute approximate surface area is 220 Å². The number of hydrogen-bond acceptors (Lipinski definition) is 5. The van der Waals surface area contributed by atoms with E-state index in [4.69, 9.17) is 23.2 Å². The zero-order valence-corrected chi connectivity index (χ0v) is 22.9. The molecule has 0 saturated carbocycles. The number of carbonyl (C=O) groups is 1. The lowest BCUT2D eigenvalue weighted by molar-refractivity contribution is -0.113. The first-order chi connectivity index (χ1) is 15.8. The summed E-state index contributed by atoms with van der Waals surface area (Å²) in [6.07, 6.45) is 1.80. The minimum absolute atomic E-state index is 0.0914. The molecule has 0 fully saturated rings. The van der Waals surface area contributed by atoms with Gasteiger partial charge in [-0.15, -0.1) is 28.5 Å². The predicted molar refractivity (Wildman–Crippen MR) is 145 cm³/mol. The van der Waals surface area contributed by atoms with Crippen LogP contribution in [0.25, 0.3) is 0 Å². The Balaban J connectivity index is 1.60. The molecule has 1 amide bonds. The molecule has 1 N–H and O–H groups in total. The van der Waals surface area contributed by atoms with Gasteiger partial charge in [0.2, 0.25) is 5.91 Å². The Morgan fingerprint density at radius 1 is 1.18 bits per heavy atom. The maximum absolute atomic E-state index is 12.5. The van der Waals surface area contributed by atoms with E-state index >= 15 is 0 Å². The summed E-state index contributed by atoms with van der Waals surface area (Å²) in [4.78, 5) is 12.5. The lowest BCUT2D eigenvalue weighted by Gasteiger charge is -2.12. The van der Waals surface area contributed by atoms with Crippen LogP contribution in [0.3, 0.4) is 0 Å². The molecular formula is C23H23BrCl2N4OS2. The Kier molecular flexibility index (Phi) is 9.76. The first kappa shape index (κ1) is 26.2. The van der Waals surface area contributed by atoms with Gasteiger partial charge in [0.15, 0.2) is 5.16 Å². The third kappa shape index (κ3) is 7.02. The first-order valence-electron chi connectivity index (χ1n) is 10.0. The highest BCUT2D eigenvalue weighted by molar-refractivity contribution is 9.10. The number of allylic oxidation sites excluding steroid dienone is 1.